The third kappa shape index (κ3) is 4.16. The van der Waals surface area contributed by atoms with E-state index in [1.54, 1.807) is 12.1 Å². The van der Waals surface area contributed by atoms with E-state index in [1.807, 2.05) is 71.0 Å². The average Bonchev–Trinajstić information content (AvgIpc) is 2.84. The highest BCUT2D eigenvalue weighted by Crippen LogP contribution is 2.21. The van der Waals surface area contributed by atoms with Crippen molar-refractivity contribution >= 4 is 22.5 Å². The van der Waals surface area contributed by atoms with Crippen molar-refractivity contribution in [3.05, 3.63) is 144 Å². The lowest BCUT2D eigenvalue weighted by Crippen LogP contribution is -2.16. The third-order valence-corrected chi connectivity index (χ3v) is 5.42. The molecule has 0 unspecified atom stereocenters. The van der Waals surface area contributed by atoms with E-state index < -0.39 is 0 Å². The largest absolute Gasteiger partial charge is 0.324 e. The molecule has 0 radical (unpaired) electrons. The minimum Gasteiger partial charge on any atom is -0.324 e. The number of anilines is 2. The molecule has 0 fully saturated rings. The van der Waals surface area contributed by atoms with Gasteiger partial charge < -0.3 is 9.80 Å². The molecule has 0 saturated carbocycles. The van der Waals surface area contributed by atoms with Gasteiger partial charge in [0.2, 0.25) is 0 Å². The van der Waals surface area contributed by atoms with Gasteiger partial charge in [-0.3, -0.25) is 0 Å². The van der Waals surface area contributed by atoms with Crippen molar-refractivity contribution in [3.63, 3.8) is 0 Å². The van der Waals surface area contributed by atoms with E-state index in [1.165, 1.54) is 24.3 Å². The first-order valence-corrected chi connectivity index (χ1v) is 10.3. The van der Waals surface area contributed by atoms with E-state index in [4.69, 9.17) is 0 Å². The molecule has 0 saturated heterocycles. The van der Waals surface area contributed by atoms with E-state index in [2.05, 4.69) is 24.3 Å². The summed E-state index contributed by atoms with van der Waals surface area (Å²) in [4.78, 5) is 3.78. The number of halogens is 2. The number of nitrogens with zero attached hydrogens (tertiary/aromatic N) is 2. The predicted molar refractivity (Wildman–Crippen MR) is 127 cm³/mol. The molecule has 0 N–H and O–H groups in total. The Hall–Kier alpha value is -4.18. The monoisotopic (exact) mass is 422 g/mol. The summed E-state index contributed by atoms with van der Waals surface area (Å²) < 4.78 is 26.9. The summed E-state index contributed by atoms with van der Waals surface area (Å²) >= 11 is 0. The second-order valence-corrected chi connectivity index (χ2v) is 7.53. The Morgan fingerprint density at radius 3 is 1.19 bits per heavy atom. The van der Waals surface area contributed by atoms with Crippen LogP contribution in [-0.4, -0.2) is 0 Å². The minimum absolute atomic E-state index is 0.253. The topological polar surface area (TPSA) is 6.48 Å². The van der Waals surface area contributed by atoms with Gasteiger partial charge in [-0.25, -0.2) is 8.78 Å². The van der Waals surface area contributed by atoms with Crippen LogP contribution < -0.4 is 20.2 Å². The van der Waals surface area contributed by atoms with Crippen LogP contribution in [0.4, 0.5) is 20.2 Å². The van der Waals surface area contributed by atoms with Gasteiger partial charge in [0, 0.05) is 36.2 Å². The van der Waals surface area contributed by atoms with E-state index in [0.717, 1.165) is 33.0 Å². The molecule has 0 atom stereocenters. The first-order valence-electron chi connectivity index (χ1n) is 10.3. The van der Waals surface area contributed by atoms with E-state index >= 15 is 0 Å². The second kappa shape index (κ2) is 8.52. The molecule has 3 aromatic rings. The zero-order valence-electron chi connectivity index (χ0n) is 17.2. The Labute approximate surface area is 185 Å². The van der Waals surface area contributed by atoms with Crippen LogP contribution in [-0.2, 0) is 0 Å². The fourth-order valence-electron chi connectivity index (χ4n) is 3.71. The molecule has 2 heterocycles. The van der Waals surface area contributed by atoms with Gasteiger partial charge in [0.25, 0.3) is 0 Å². The molecule has 32 heavy (non-hydrogen) atoms. The van der Waals surface area contributed by atoms with Gasteiger partial charge in [0.15, 0.2) is 0 Å². The highest BCUT2D eigenvalue weighted by Gasteiger charge is 2.06. The maximum absolute atomic E-state index is 13.5. The molecule has 0 aliphatic carbocycles. The minimum atomic E-state index is -0.253. The molecule has 0 bridgehead atoms. The van der Waals surface area contributed by atoms with Crippen molar-refractivity contribution in [1.82, 2.24) is 0 Å². The van der Waals surface area contributed by atoms with Crippen molar-refractivity contribution < 1.29 is 8.78 Å². The molecule has 2 aliphatic rings. The maximum atomic E-state index is 13.5. The zero-order valence-corrected chi connectivity index (χ0v) is 17.2. The van der Waals surface area contributed by atoms with Gasteiger partial charge in [-0.05, 0) is 82.3 Å². The van der Waals surface area contributed by atoms with Crippen LogP contribution in [0.1, 0.15) is 0 Å². The molecule has 0 aromatic heterocycles. The number of hydrogen-bond acceptors (Lipinski definition) is 2. The second-order valence-electron chi connectivity index (χ2n) is 7.53. The Balaban J connectivity index is 1.37. The van der Waals surface area contributed by atoms with Gasteiger partial charge in [0.1, 0.15) is 11.6 Å². The summed E-state index contributed by atoms with van der Waals surface area (Å²) in [6.07, 6.45) is 15.8. The van der Waals surface area contributed by atoms with Gasteiger partial charge in [-0.1, -0.05) is 36.4 Å². The highest BCUT2D eigenvalue weighted by atomic mass is 19.1. The van der Waals surface area contributed by atoms with Crippen molar-refractivity contribution in [1.29, 1.82) is 0 Å². The fourth-order valence-corrected chi connectivity index (χ4v) is 3.71. The van der Waals surface area contributed by atoms with Crippen LogP contribution in [0, 0.1) is 11.6 Å². The lowest BCUT2D eigenvalue weighted by molar-refractivity contribution is 0.627. The molecule has 2 nitrogen and oxygen atoms in total. The van der Waals surface area contributed by atoms with Crippen LogP contribution in [0.25, 0.3) is 11.1 Å². The first kappa shape index (κ1) is 19.8. The summed E-state index contributed by atoms with van der Waals surface area (Å²) in [5, 5.41) is 2.21. The summed E-state index contributed by atoms with van der Waals surface area (Å²) in [5.41, 5.74) is 3.74. The summed E-state index contributed by atoms with van der Waals surface area (Å²) in [7, 11) is 0. The maximum Gasteiger partial charge on any atom is 0.125 e. The molecule has 2 aliphatic heterocycles. The molecule has 0 spiro atoms. The van der Waals surface area contributed by atoms with Crippen LogP contribution in [0.3, 0.4) is 0 Å². The van der Waals surface area contributed by atoms with Crippen LogP contribution in [0.15, 0.2) is 122 Å². The van der Waals surface area contributed by atoms with Gasteiger partial charge >= 0.3 is 0 Å². The van der Waals surface area contributed by atoms with E-state index in [9.17, 15) is 8.78 Å². The normalized spacial score (nSPS) is 15.1. The lowest BCUT2D eigenvalue weighted by Gasteiger charge is -2.19. The van der Waals surface area contributed by atoms with Crippen molar-refractivity contribution in [2.45, 2.75) is 0 Å². The standard InChI is InChI=1S/C28H20F2N2/c29-25-3-1-5-27(19-25)31-15-11-23(12-16-31)21-7-9-22(10-8-21)24-13-17-32(18-14-24)28-6-2-4-26(30)20-28/h1-20H. The third-order valence-electron chi connectivity index (χ3n) is 5.42. The van der Waals surface area contributed by atoms with Gasteiger partial charge in [-0.2, -0.15) is 0 Å². The molecule has 4 heteroatoms. The van der Waals surface area contributed by atoms with Crippen molar-refractivity contribution in [3.8, 4) is 0 Å². The summed E-state index contributed by atoms with van der Waals surface area (Å²) in [5.74, 6) is -0.505. The molecular formula is C28H20F2N2. The molecule has 3 aromatic carbocycles. The number of rotatable bonds is 2. The molecular weight excluding hydrogens is 402 g/mol. The zero-order chi connectivity index (χ0) is 21.9. The van der Waals surface area contributed by atoms with Crippen LogP contribution >= 0.6 is 0 Å². The van der Waals surface area contributed by atoms with E-state index in [-0.39, 0.29) is 11.6 Å². The van der Waals surface area contributed by atoms with Crippen molar-refractivity contribution in [2.75, 3.05) is 9.80 Å². The Morgan fingerprint density at radius 2 is 0.844 bits per heavy atom. The highest BCUT2D eigenvalue weighted by molar-refractivity contribution is 5.74. The molecule has 5 rings (SSSR count). The molecule has 156 valence electrons. The van der Waals surface area contributed by atoms with E-state index in [0.29, 0.717) is 0 Å². The quantitative estimate of drug-likeness (QED) is 0.549. The first-order chi connectivity index (χ1) is 15.7. The fraction of sp³-hybridized carbons (Fsp3) is 0. The van der Waals surface area contributed by atoms with Gasteiger partial charge in [-0.15, -0.1) is 0 Å². The number of allylic oxidation sites excluding steroid dienone is 4. The average molecular weight is 422 g/mol. The van der Waals surface area contributed by atoms with Crippen molar-refractivity contribution in [2.24, 2.45) is 0 Å². The predicted octanol–water partition coefficient (Wildman–Crippen LogP) is 5.36. The van der Waals surface area contributed by atoms with Gasteiger partial charge in [0.05, 0.1) is 0 Å². The van der Waals surface area contributed by atoms with Crippen LogP contribution in [0.2, 0.25) is 0 Å². The smallest absolute Gasteiger partial charge is 0.125 e. The SMILES string of the molecule is Fc1cccc(N2C=CC(=c3ccc(=C4C=CN(c5cccc(F)c5)C=C4)cc3)C=C2)c1. The Bertz CT molecular complexity index is 1250. The lowest BCUT2D eigenvalue weighted by atomic mass is 10.1. The number of benzene rings is 3. The van der Waals surface area contributed by atoms with Crippen LogP contribution in [0.5, 0.6) is 0 Å². The Kier molecular flexibility index (Phi) is 5.26. The number of hydrogen-bond donors (Lipinski definition) is 0. The summed E-state index contributed by atoms with van der Waals surface area (Å²) in [6, 6.07) is 21.4. The summed E-state index contributed by atoms with van der Waals surface area (Å²) in [6.45, 7) is 0. The Morgan fingerprint density at radius 1 is 0.469 bits per heavy atom. The molecule has 0 amide bonds.